The molecule has 1 aromatic carbocycles. The highest BCUT2D eigenvalue weighted by atomic mass is 35.5. The van der Waals surface area contributed by atoms with Crippen molar-refractivity contribution in [3.05, 3.63) is 41.6 Å². The normalized spacial score (nSPS) is 12.1. The van der Waals surface area contributed by atoms with Crippen molar-refractivity contribution in [2.75, 3.05) is 19.5 Å². The van der Waals surface area contributed by atoms with Crippen LogP contribution in [0.25, 0.3) is 11.3 Å². The van der Waals surface area contributed by atoms with E-state index in [-0.39, 0.29) is 5.75 Å². The molecule has 0 radical (unpaired) electrons. The van der Waals surface area contributed by atoms with Crippen LogP contribution in [0.15, 0.2) is 41.4 Å². The summed E-state index contributed by atoms with van der Waals surface area (Å²) in [5, 5.41) is 0.534. The SMILES string of the molecule is CCSc1c(Cl)cccc1-c1ccc(OCC(F)(F)C(F)(F)F)c[n+]1OC. The molecule has 3 nitrogen and oxygen atoms in total. The Kier molecular flexibility index (Phi) is 6.80. The second-order valence-corrected chi connectivity index (χ2v) is 6.98. The van der Waals surface area contributed by atoms with Gasteiger partial charge in [-0.3, -0.25) is 4.84 Å². The van der Waals surface area contributed by atoms with Crippen LogP contribution in [0.3, 0.4) is 0 Å². The van der Waals surface area contributed by atoms with E-state index in [1.54, 1.807) is 18.2 Å². The number of aromatic nitrogens is 1. The Morgan fingerprint density at radius 3 is 2.41 bits per heavy atom. The third-order valence-corrected chi connectivity index (χ3v) is 4.89. The topological polar surface area (TPSA) is 22.3 Å². The molecule has 0 N–H and O–H groups in total. The zero-order valence-electron chi connectivity index (χ0n) is 14.3. The lowest BCUT2D eigenvalue weighted by Gasteiger charge is -2.19. The summed E-state index contributed by atoms with van der Waals surface area (Å²) < 4.78 is 68.6. The van der Waals surface area contributed by atoms with Gasteiger partial charge in [-0.15, -0.1) is 11.8 Å². The Morgan fingerprint density at radius 2 is 1.81 bits per heavy atom. The molecule has 1 aromatic heterocycles. The Bertz CT molecular complexity index is 801. The van der Waals surface area contributed by atoms with Crippen LogP contribution in [0.4, 0.5) is 22.0 Å². The van der Waals surface area contributed by atoms with E-state index in [0.717, 1.165) is 16.2 Å². The van der Waals surface area contributed by atoms with E-state index >= 15 is 0 Å². The zero-order chi connectivity index (χ0) is 20.2. The van der Waals surface area contributed by atoms with Gasteiger partial charge in [0.15, 0.2) is 12.4 Å². The predicted molar refractivity (Wildman–Crippen MR) is 92.5 cm³/mol. The standard InChI is InChI=1S/C17H16ClF5NO2S/c1-3-27-15-12(5-4-6-13(15)18)14-8-7-11(9-24(14)25-2)26-10-16(19,20)17(21,22)23/h4-9H,3,10H2,1-2H3/q+1. The fourth-order valence-corrected chi connectivity index (χ4v) is 3.33. The smallest absolute Gasteiger partial charge is 0.456 e. The van der Waals surface area contributed by atoms with Gasteiger partial charge in [0.2, 0.25) is 0 Å². The Morgan fingerprint density at radius 1 is 1.11 bits per heavy atom. The van der Waals surface area contributed by atoms with Crippen molar-refractivity contribution < 1.29 is 36.3 Å². The lowest BCUT2D eigenvalue weighted by Crippen LogP contribution is -2.44. The summed E-state index contributed by atoms with van der Waals surface area (Å²) in [6.07, 6.45) is -4.50. The van der Waals surface area contributed by atoms with E-state index < -0.39 is 18.7 Å². The lowest BCUT2D eigenvalue weighted by atomic mass is 10.1. The van der Waals surface area contributed by atoms with Crippen LogP contribution in [-0.2, 0) is 0 Å². The molecule has 0 atom stereocenters. The van der Waals surface area contributed by atoms with Gasteiger partial charge in [-0.25, -0.2) is 0 Å². The molecule has 2 aromatic rings. The highest BCUT2D eigenvalue weighted by Crippen LogP contribution is 2.37. The van der Waals surface area contributed by atoms with Gasteiger partial charge in [-0.05, 0) is 24.0 Å². The Balaban J connectivity index is 2.34. The number of pyridine rings is 1. The molecule has 27 heavy (non-hydrogen) atoms. The molecule has 0 unspecified atom stereocenters. The number of hydrogen-bond donors (Lipinski definition) is 0. The second kappa shape index (κ2) is 8.52. The minimum Gasteiger partial charge on any atom is -0.481 e. The molecule has 2 rings (SSSR count). The number of ether oxygens (including phenoxy) is 1. The van der Waals surface area contributed by atoms with E-state index in [0.29, 0.717) is 10.7 Å². The van der Waals surface area contributed by atoms with Crippen LogP contribution in [0.1, 0.15) is 6.92 Å². The molecule has 0 spiro atoms. The summed E-state index contributed by atoms with van der Waals surface area (Å²) in [5.74, 6) is -4.39. The quantitative estimate of drug-likeness (QED) is 0.350. The van der Waals surface area contributed by atoms with Crippen LogP contribution >= 0.6 is 23.4 Å². The summed E-state index contributed by atoms with van der Waals surface area (Å²) in [6, 6.07) is 8.06. The summed E-state index contributed by atoms with van der Waals surface area (Å²) >= 11 is 7.75. The number of rotatable bonds is 7. The maximum atomic E-state index is 13.0. The van der Waals surface area contributed by atoms with E-state index in [2.05, 4.69) is 4.74 Å². The Labute approximate surface area is 162 Å². The minimum atomic E-state index is -5.68. The summed E-state index contributed by atoms with van der Waals surface area (Å²) in [6.45, 7) is 0.133. The molecule has 0 bridgehead atoms. The molecular weight excluding hydrogens is 413 g/mol. The molecular formula is C17H16ClF5NO2S+. The van der Waals surface area contributed by atoms with Crippen LogP contribution in [0.5, 0.6) is 5.75 Å². The largest absolute Gasteiger partial charge is 0.481 e. The van der Waals surface area contributed by atoms with Crippen molar-refractivity contribution >= 4 is 23.4 Å². The van der Waals surface area contributed by atoms with E-state index in [4.69, 9.17) is 16.4 Å². The van der Waals surface area contributed by atoms with E-state index in [9.17, 15) is 22.0 Å². The first-order valence-electron chi connectivity index (χ1n) is 7.70. The molecule has 0 saturated carbocycles. The average molecular weight is 429 g/mol. The van der Waals surface area contributed by atoms with Crippen molar-refractivity contribution in [3.63, 3.8) is 0 Å². The van der Waals surface area contributed by atoms with Crippen LogP contribution in [0.2, 0.25) is 5.02 Å². The molecule has 0 aliphatic rings. The minimum absolute atomic E-state index is 0.198. The van der Waals surface area contributed by atoms with Crippen molar-refractivity contribution in [3.8, 4) is 17.0 Å². The monoisotopic (exact) mass is 428 g/mol. The highest BCUT2D eigenvalue weighted by molar-refractivity contribution is 7.99. The van der Waals surface area contributed by atoms with Crippen molar-refractivity contribution in [2.45, 2.75) is 23.9 Å². The van der Waals surface area contributed by atoms with E-state index in [1.807, 2.05) is 6.92 Å². The molecule has 0 amide bonds. The van der Waals surface area contributed by atoms with Gasteiger partial charge in [-0.2, -0.15) is 22.0 Å². The first-order chi connectivity index (χ1) is 12.6. The van der Waals surface area contributed by atoms with Gasteiger partial charge in [0.05, 0.1) is 10.6 Å². The van der Waals surface area contributed by atoms with Gasteiger partial charge in [-0.1, -0.05) is 24.6 Å². The number of hydrogen-bond acceptors (Lipinski definition) is 3. The van der Waals surface area contributed by atoms with Crippen molar-refractivity contribution in [1.82, 2.24) is 0 Å². The maximum Gasteiger partial charge on any atom is 0.456 e. The first-order valence-corrected chi connectivity index (χ1v) is 9.06. The molecule has 1 heterocycles. The molecule has 0 saturated heterocycles. The van der Waals surface area contributed by atoms with Crippen molar-refractivity contribution in [1.29, 1.82) is 0 Å². The summed E-state index contributed by atoms with van der Waals surface area (Å²) in [5.41, 5.74) is 1.26. The fourth-order valence-electron chi connectivity index (χ4n) is 2.16. The van der Waals surface area contributed by atoms with Crippen LogP contribution in [-0.4, -0.2) is 31.6 Å². The van der Waals surface area contributed by atoms with Gasteiger partial charge >= 0.3 is 12.1 Å². The maximum absolute atomic E-state index is 13.0. The number of halogens is 6. The zero-order valence-corrected chi connectivity index (χ0v) is 15.9. The third kappa shape index (κ3) is 4.95. The summed E-state index contributed by atoms with van der Waals surface area (Å²) in [7, 11) is 1.33. The number of alkyl halides is 5. The number of thioether (sulfide) groups is 1. The summed E-state index contributed by atoms with van der Waals surface area (Å²) in [4.78, 5) is 5.98. The molecule has 0 fully saturated rings. The Hall–Kier alpha value is -1.74. The second-order valence-electron chi connectivity index (χ2n) is 5.30. The third-order valence-electron chi connectivity index (χ3n) is 3.45. The number of benzene rings is 1. The van der Waals surface area contributed by atoms with E-state index in [1.165, 1.54) is 41.9 Å². The number of nitrogens with zero attached hydrogens (tertiary/aromatic N) is 1. The highest BCUT2D eigenvalue weighted by Gasteiger charge is 2.58. The van der Waals surface area contributed by atoms with Crippen LogP contribution in [0, 0.1) is 0 Å². The van der Waals surface area contributed by atoms with Gasteiger partial charge in [0, 0.05) is 15.7 Å². The van der Waals surface area contributed by atoms with Gasteiger partial charge in [0.25, 0.3) is 11.9 Å². The predicted octanol–water partition coefficient (Wildman–Crippen LogP) is 5.04. The molecule has 0 aliphatic heterocycles. The fraction of sp³-hybridized carbons (Fsp3) is 0.353. The lowest BCUT2D eigenvalue weighted by molar-refractivity contribution is -0.877. The van der Waals surface area contributed by atoms with Crippen molar-refractivity contribution in [2.24, 2.45) is 0 Å². The van der Waals surface area contributed by atoms with Gasteiger partial charge in [0.1, 0.15) is 7.11 Å². The molecule has 148 valence electrons. The first kappa shape index (κ1) is 21.6. The van der Waals surface area contributed by atoms with Crippen LogP contribution < -0.4 is 14.3 Å². The van der Waals surface area contributed by atoms with Gasteiger partial charge < -0.3 is 4.74 Å². The molecule has 0 aliphatic carbocycles. The average Bonchev–Trinajstić information content (AvgIpc) is 2.61. The molecule has 10 heteroatoms.